The van der Waals surface area contributed by atoms with E-state index in [0.29, 0.717) is 23.0 Å². The lowest BCUT2D eigenvalue weighted by molar-refractivity contribution is -0.136. The number of amides is 2. The van der Waals surface area contributed by atoms with Gasteiger partial charge in [0.05, 0.1) is 6.54 Å². The monoisotopic (exact) mass is 378 g/mol. The zero-order chi connectivity index (χ0) is 19.1. The number of carbonyl (C=O) groups is 2. The molecule has 0 fully saturated rings. The van der Waals surface area contributed by atoms with E-state index in [2.05, 4.69) is 5.32 Å². The number of ether oxygens (including phenoxy) is 1. The molecule has 0 saturated carbocycles. The first-order valence-electron chi connectivity index (χ1n) is 8.11. The average molecular weight is 379 g/mol. The van der Waals surface area contributed by atoms with Crippen molar-refractivity contribution in [1.29, 1.82) is 0 Å². The molecular weight excluding hydrogens is 359 g/mol. The van der Waals surface area contributed by atoms with Gasteiger partial charge in [0, 0.05) is 17.3 Å². The molecule has 26 heavy (non-hydrogen) atoms. The van der Waals surface area contributed by atoms with E-state index < -0.39 is 0 Å². The van der Waals surface area contributed by atoms with E-state index in [1.165, 1.54) is 29.2 Å². The molecule has 0 saturated heterocycles. The first-order chi connectivity index (χ1) is 12.4. The highest BCUT2D eigenvalue weighted by Gasteiger charge is 2.17. The number of nitrogens with one attached hydrogen (secondary N) is 1. The van der Waals surface area contributed by atoms with Crippen LogP contribution < -0.4 is 10.1 Å². The molecule has 2 amide bonds. The van der Waals surface area contributed by atoms with E-state index in [1.54, 1.807) is 25.1 Å². The number of likely N-dealkylation sites (N-methyl/N-ethyl adjacent to an activating group) is 1. The number of anilines is 1. The fourth-order valence-corrected chi connectivity index (χ4v) is 2.41. The van der Waals surface area contributed by atoms with Crippen LogP contribution >= 0.6 is 11.6 Å². The number of rotatable bonds is 7. The summed E-state index contributed by atoms with van der Waals surface area (Å²) in [7, 11) is 0. The lowest BCUT2D eigenvalue weighted by Crippen LogP contribution is -2.40. The summed E-state index contributed by atoms with van der Waals surface area (Å²) in [5, 5.41) is 3.27. The topological polar surface area (TPSA) is 58.6 Å². The SMILES string of the molecule is CCN(CC(=O)Nc1cc(Cl)ccc1C)C(=O)COc1ccc(F)cc1. The minimum absolute atomic E-state index is 0.103. The van der Waals surface area contributed by atoms with Crippen LogP contribution in [-0.2, 0) is 9.59 Å². The van der Waals surface area contributed by atoms with Crippen LogP contribution in [-0.4, -0.2) is 36.4 Å². The van der Waals surface area contributed by atoms with Gasteiger partial charge in [-0.1, -0.05) is 17.7 Å². The molecule has 0 atom stereocenters. The van der Waals surface area contributed by atoms with Gasteiger partial charge in [0.25, 0.3) is 5.91 Å². The van der Waals surface area contributed by atoms with Gasteiger partial charge in [0.15, 0.2) is 6.61 Å². The number of aryl methyl sites for hydroxylation is 1. The van der Waals surface area contributed by atoms with Crippen molar-refractivity contribution in [3.8, 4) is 5.75 Å². The van der Waals surface area contributed by atoms with E-state index in [4.69, 9.17) is 16.3 Å². The minimum Gasteiger partial charge on any atom is -0.484 e. The van der Waals surface area contributed by atoms with Crippen LogP contribution in [0, 0.1) is 12.7 Å². The summed E-state index contributed by atoms with van der Waals surface area (Å²) >= 11 is 5.94. The maximum atomic E-state index is 12.9. The number of halogens is 2. The molecule has 0 radical (unpaired) electrons. The molecule has 0 heterocycles. The minimum atomic E-state index is -0.383. The number of benzene rings is 2. The van der Waals surface area contributed by atoms with Crippen molar-refractivity contribution in [3.63, 3.8) is 0 Å². The Kier molecular flexibility index (Phi) is 6.97. The summed E-state index contributed by atoms with van der Waals surface area (Å²) in [6.07, 6.45) is 0. The van der Waals surface area contributed by atoms with Gasteiger partial charge in [-0.05, 0) is 55.8 Å². The molecule has 0 bridgehead atoms. The van der Waals surface area contributed by atoms with Crippen molar-refractivity contribution in [2.45, 2.75) is 13.8 Å². The van der Waals surface area contributed by atoms with Crippen molar-refractivity contribution in [2.75, 3.05) is 25.0 Å². The summed E-state index contributed by atoms with van der Waals surface area (Å²) in [6, 6.07) is 10.6. The van der Waals surface area contributed by atoms with Gasteiger partial charge >= 0.3 is 0 Å². The van der Waals surface area contributed by atoms with Crippen molar-refractivity contribution >= 4 is 29.1 Å². The number of hydrogen-bond acceptors (Lipinski definition) is 3. The second-order valence-electron chi connectivity index (χ2n) is 5.66. The zero-order valence-corrected chi connectivity index (χ0v) is 15.3. The van der Waals surface area contributed by atoms with Crippen LogP contribution in [0.2, 0.25) is 5.02 Å². The average Bonchev–Trinajstić information content (AvgIpc) is 2.62. The third-order valence-corrected chi connectivity index (χ3v) is 3.95. The molecule has 138 valence electrons. The van der Waals surface area contributed by atoms with Crippen LogP contribution in [0.4, 0.5) is 10.1 Å². The maximum absolute atomic E-state index is 12.9. The number of hydrogen-bond donors (Lipinski definition) is 1. The van der Waals surface area contributed by atoms with Gasteiger partial charge in [-0.15, -0.1) is 0 Å². The fourth-order valence-electron chi connectivity index (χ4n) is 2.24. The highest BCUT2D eigenvalue weighted by molar-refractivity contribution is 6.31. The summed E-state index contributed by atoms with van der Waals surface area (Å²) in [4.78, 5) is 25.9. The molecule has 2 aromatic rings. The molecule has 0 aliphatic carbocycles. The summed E-state index contributed by atoms with van der Waals surface area (Å²) in [6.45, 7) is 3.64. The molecule has 0 aromatic heterocycles. The molecular formula is C19H20ClFN2O3. The molecule has 0 aliphatic rings. The van der Waals surface area contributed by atoms with E-state index in [9.17, 15) is 14.0 Å². The predicted molar refractivity (Wildman–Crippen MR) is 99.0 cm³/mol. The third kappa shape index (κ3) is 5.74. The summed E-state index contributed by atoms with van der Waals surface area (Å²) in [5.74, 6) is -0.663. The molecule has 7 heteroatoms. The van der Waals surface area contributed by atoms with E-state index >= 15 is 0 Å². The summed E-state index contributed by atoms with van der Waals surface area (Å²) in [5.41, 5.74) is 1.48. The Balaban J connectivity index is 1.90. The molecule has 5 nitrogen and oxygen atoms in total. The fraction of sp³-hybridized carbons (Fsp3) is 0.263. The first-order valence-corrected chi connectivity index (χ1v) is 8.49. The molecule has 2 rings (SSSR count). The second-order valence-corrected chi connectivity index (χ2v) is 6.09. The van der Waals surface area contributed by atoms with Crippen molar-refractivity contribution in [3.05, 3.63) is 58.9 Å². The third-order valence-electron chi connectivity index (χ3n) is 3.72. The highest BCUT2D eigenvalue weighted by Crippen LogP contribution is 2.20. The van der Waals surface area contributed by atoms with Gasteiger partial charge in [0.1, 0.15) is 11.6 Å². The van der Waals surface area contributed by atoms with E-state index in [0.717, 1.165) is 5.56 Å². The smallest absolute Gasteiger partial charge is 0.260 e. The van der Waals surface area contributed by atoms with Crippen molar-refractivity contribution < 1.29 is 18.7 Å². The lowest BCUT2D eigenvalue weighted by atomic mass is 10.2. The van der Waals surface area contributed by atoms with E-state index in [1.807, 2.05) is 6.92 Å². The second kappa shape index (κ2) is 9.20. The largest absolute Gasteiger partial charge is 0.484 e. The molecule has 1 N–H and O–H groups in total. The Labute approximate surface area is 156 Å². The first kappa shape index (κ1) is 19.7. The van der Waals surface area contributed by atoms with Gasteiger partial charge < -0.3 is 15.0 Å². The summed E-state index contributed by atoms with van der Waals surface area (Å²) < 4.78 is 18.2. The van der Waals surface area contributed by atoms with Crippen LogP contribution in [0.1, 0.15) is 12.5 Å². The standard InChI is InChI=1S/C19H20ClFN2O3/c1-3-23(19(25)12-26-16-8-6-15(21)7-9-16)11-18(24)22-17-10-14(20)5-4-13(17)2/h4-10H,3,11-12H2,1-2H3,(H,22,24). The molecule has 0 spiro atoms. The van der Waals surface area contributed by atoms with Crippen LogP contribution in [0.15, 0.2) is 42.5 Å². The number of carbonyl (C=O) groups excluding carboxylic acids is 2. The van der Waals surface area contributed by atoms with Crippen LogP contribution in [0.3, 0.4) is 0 Å². The number of nitrogens with zero attached hydrogens (tertiary/aromatic N) is 1. The lowest BCUT2D eigenvalue weighted by Gasteiger charge is -2.21. The zero-order valence-electron chi connectivity index (χ0n) is 14.6. The van der Waals surface area contributed by atoms with Gasteiger partial charge in [-0.3, -0.25) is 9.59 Å². The van der Waals surface area contributed by atoms with Crippen molar-refractivity contribution in [1.82, 2.24) is 4.90 Å². The van der Waals surface area contributed by atoms with Gasteiger partial charge in [-0.25, -0.2) is 4.39 Å². The Morgan fingerprint density at radius 1 is 1.19 bits per heavy atom. The van der Waals surface area contributed by atoms with Crippen molar-refractivity contribution in [2.24, 2.45) is 0 Å². The van der Waals surface area contributed by atoms with E-state index in [-0.39, 0.29) is 30.8 Å². The van der Waals surface area contributed by atoms with Gasteiger partial charge in [0.2, 0.25) is 5.91 Å². The van der Waals surface area contributed by atoms with Crippen LogP contribution in [0.5, 0.6) is 5.75 Å². The normalized spacial score (nSPS) is 10.3. The predicted octanol–water partition coefficient (Wildman–Crippen LogP) is 3.65. The molecule has 0 aliphatic heterocycles. The maximum Gasteiger partial charge on any atom is 0.260 e. The Morgan fingerprint density at radius 3 is 2.54 bits per heavy atom. The highest BCUT2D eigenvalue weighted by atomic mass is 35.5. The Bertz CT molecular complexity index is 781. The Morgan fingerprint density at radius 2 is 1.88 bits per heavy atom. The molecule has 2 aromatic carbocycles. The van der Waals surface area contributed by atoms with Gasteiger partial charge in [-0.2, -0.15) is 0 Å². The quantitative estimate of drug-likeness (QED) is 0.800. The van der Waals surface area contributed by atoms with Crippen LogP contribution in [0.25, 0.3) is 0 Å². The Hall–Kier alpha value is -2.60. The molecule has 0 unspecified atom stereocenters.